The van der Waals surface area contributed by atoms with Gasteiger partial charge in [-0.05, 0) is 22.3 Å². The van der Waals surface area contributed by atoms with Gasteiger partial charge >= 0.3 is 6.09 Å². The summed E-state index contributed by atoms with van der Waals surface area (Å²) in [6.45, 7) is 0.0365. The topological polar surface area (TPSA) is 122 Å². The van der Waals surface area contributed by atoms with Crippen LogP contribution in [0.3, 0.4) is 0 Å². The van der Waals surface area contributed by atoms with E-state index in [9.17, 15) is 24.8 Å². The Kier molecular flexibility index (Phi) is 5.85. The van der Waals surface area contributed by atoms with Crippen molar-refractivity contribution < 1.29 is 24.4 Å². The van der Waals surface area contributed by atoms with E-state index in [4.69, 9.17) is 4.74 Å². The van der Waals surface area contributed by atoms with Crippen LogP contribution in [0.4, 0.5) is 10.5 Å². The summed E-state index contributed by atoms with van der Waals surface area (Å²) < 4.78 is 5.44. The van der Waals surface area contributed by atoms with Gasteiger partial charge in [-0.1, -0.05) is 66.7 Å². The zero-order valence-electron chi connectivity index (χ0n) is 16.9. The van der Waals surface area contributed by atoms with Gasteiger partial charge in [-0.2, -0.15) is 0 Å². The first-order valence-corrected chi connectivity index (χ1v) is 10.0. The molecule has 1 aliphatic carbocycles. The van der Waals surface area contributed by atoms with E-state index in [1.54, 1.807) is 0 Å². The van der Waals surface area contributed by atoms with Crippen LogP contribution in [0.2, 0.25) is 0 Å². The van der Waals surface area contributed by atoms with Crippen LogP contribution in [0.15, 0.2) is 72.8 Å². The number of nitrogens with one attached hydrogen (secondary N) is 1. The van der Waals surface area contributed by atoms with Crippen molar-refractivity contribution in [2.75, 3.05) is 6.61 Å². The Hall–Kier alpha value is -4.20. The molecule has 3 aromatic rings. The number of para-hydroxylation sites is 1. The van der Waals surface area contributed by atoms with Gasteiger partial charge in [-0.25, -0.2) is 4.79 Å². The number of carboxylic acid groups (broad SMARTS) is 1. The van der Waals surface area contributed by atoms with Gasteiger partial charge in [0.25, 0.3) is 5.69 Å². The quantitative estimate of drug-likeness (QED) is 0.452. The fourth-order valence-corrected chi connectivity index (χ4v) is 4.14. The molecule has 0 heterocycles. The Labute approximate surface area is 183 Å². The number of nitrogens with zero attached hydrogens (tertiary/aromatic N) is 1. The molecule has 162 valence electrons. The lowest BCUT2D eigenvalue weighted by molar-refractivity contribution is -0.385. The van der Waals surface area contributed by atoms with Gasteiger partial charge in [0.05, 0.1) is 16.5 Å². The standard InChI is InChI=1S/C24H20N2O6/c27-23(28)13-21(19-11-5-6-12-22(19)26(30)31)25-24(29)32-14-20-17-9-3-1-7-15(17)16-8-2-4-10-18(16)20/h1-12,20-21H,13-14H2,(H,25,29)(H,27,28)/p-1/t21-/m1/s1. The highest BCUT2D eigenvalue weighted by Gasteiger charge is 2.30. The van der Waals surface area contributed by atoms with Crippen molar-refractivity contribution in [2.24, 2.45) is 0 Å². The summed E-state index contributed by atoms with van der Waals surface area (Å²) in [6.07, 6.45) is -1.49. The summed E-state index contributed by atoms with van der Waals surface area (Å²) in [6, 6.07) is 20.2. The lowest BCUT2D eigenvalue weighted by atomic mass is 9.98. The molecule has 0 saturated carbocycles. The number of rotatable bonds is 7. The number of fused-ring (bicyclic) bond motifs is 3. The summed E-state index contributed by atoms with van der Waals surface area (Å²) in [4.78, 5) is 34.5. The maximum atomic E-state index is 12.6. The molecule has 0 spiro atoms. The zero-order chi connectivity index (χ0) is 22.7. The summed E-state index contributed by atoms with van der Waals surface area (Å²) in [5.41, 5.74) is 3.99. The summed E-state index contributed by atoms with van der Waals surface area (Å²) >= 11 is 0. The summed E-state index contributed by atoms with van der Waals surface area (Å²) in [5.74, 6) is -1.62. The third kappa shape index (κ3) is 4.15. The fraction of sp³-hybridized carbons (Fsp3) is 0.167. The first kappa shape index (κ1) is 21.0. The average Bonchev–Trinajstić information content (AvgIpc) is 3.11. The maximum Gasteiger partial charge on any atom is 0.407 e. The van der Waals surface area contributed by atoms with Crippen molar-refractivity contribution >= 4 is 17.7 Å². The molecule has 0 saturated heterocycles. The number of alkyl carbamates (subject to hydrolysis) is 1. The number of ether oxygens (including phenoxy) is 1. The molecule has 8 nitrogen and oxygen atoms in total. The van der Waals surface area contributed by atoms with Crippen LogP contribution >= 0.6 is 0 Å². The van der Waals surface area contributed by atoms with Crippen LogP contribution in [-0.2, 0) is 9.53 Å². The number of nitro benzene ring substituents is 1. The van der Waals surface area contributed by atoms with Crippen LogP contribution in [-0.4, -0.2) is 23.6 Å². The second-order valence-corrected chi connectivity index (χ2v) is 7.41. The second-order valence-electron chi connectivity index (χ2n) is 7.41. The minimum Gasteiger partial charge on any atom is -0.550 e. The first-order chi connectivity index (χ1) is 15.5. The normalized spacial score (nSPS) is 13.0. The molecule has 1 N–H and O–H groups in total. The third-order valence-electron chi connectivity index (χ3n) is 5.52. The summed E-state index contributed by atoms with van der Waals surface area (Å²) in [7, 11) is 0. The molecule has 1 atom stereocenters. The Bertz CT molecular complexity index is 1150. The highest BCUT2D eigenvalue weighted by atomic mass is 16.6. The SMILES string of the molecule is O=C([O-])C[C@@H](NC(=O)OCC1c2ccccc2-c2ccccc21)c1ccccc1[N+](=O)[O-]. The van der Waals surface area contributed by atoms with Gasteiger partial charge in [0.15, 0.2) is 0 Å². The second kappa shape index (κ2) is 8.89. The minimum atomic E-state index is -1.45. The molecule has 0 aliphatic heterocycles. The summed E-state index contributed by atoms with van der Waals surface area (Å²) in [5, 5.41) is 25.0. The number of benzene rings is 3. The van der Waals surface area contributed by atoms with E-state index in [0.717, 1.165) is 22.3 Å². The molecule has 8 heteroatoms. The average molecular weight is 431 g/mol. The van der Waals surface area contributed by atoms with Gasteiger partial charge in [0, 0.05) is 24.4 Å². The van der Waals surface area contributed by atoms with Crippen molar-refractivity contribution in [3.8, 4) is 11.1 Å². The molecule has 0 radical (unpaired) electrons. The van der Waals surface area contributed by atoms with Crippen molar-refractivity contribution in [3.63, 3.8) is 0 Å². The van der Waals surface area contributed by atoms with Crippen molar-refractivity contribution in [2.45, 2.75) is 18.4 Å². The maximum absolute atomic E-state index is 12.6. The molecule has 3 aromatic carbocycles. The van der Waals surface area contributed by atoms with Crippen LogP contribution in [0.25, 0.3) is 11.1 Å². The number of hydrogen-bond donors (Lipinski definition) is 1. The molecular formula is C24H19N2O6-. The molecule has 1 amide bonds. The Balaban J connectivity index is 1.52. The molecule has 0 unspecified atom stereocenters. The van der Waals surface area contributed by atoms with Gasteiger partial charge < -0.3 is 20.0 Å². The highest BCUT2D eigenvalue weighted by Crippen LogP contribution is 2.44. The highest BCUT2D eigenvalue weighted by molar-refractivity contribution is 5.79. The third-order valence-corrected chi connectivity index (χ3v) is 5.52. The van der Waals surface area contributed by atoms with E-state index in [1.165, 1.54) is 24.3 Å². The van der Waals surface area contributed by atoms with Crippen LogP contribution in [0, 0.1) is 10.1 Å². The van der Waals surface area contributed by atoms with E-state index in [0.29, 0.717) is 0 Å². The lowest BCUT2D eigenvalue weighted by Gasteiger charge is -2.20. The molecule has 0 aromatic heterocycles. The molecule has 0 fully saturated rings. The Morgan fingerprint density at radius 3 is 2.09 bits per heavy atom. The first-order valence-electron chi connectivity index (χ1n) is 10.0. The molecule has 0 bridgehead atoms. The lowest BCUT2D eigenvalue weighted by Crippen LogP contribution is -2.35. The van der Waals surface area contributed by atoms with Gasteiger partial charge in [0.2, 0.25) is 0 Å². The van der Waals surface area contributed by atoms with Crippen LogP contribution in [0.5, 0.6) is 0 Å². The molecule has 1 aliphatic rings. The largest absolute Gasteiger partial charge is 0.550 e. The molecule has 32 heavy (non-hydrogen) atoms. The minimum absolute atomic E-state index is 0.0365. The number of amides is 1. The predicted molar refractivity (Wildman–Crippen MR) is 114 cm³/mol. The number of nitro groups is 1. The fourth-order valence-electron chi connectivity index (χ4n) is 4.14. The van der Waals surface area contributed by atoms with Gasteiger partial charge in [-0.3, -0.25) is 10.1 Å². The number of carbonyl (C=O) groups excluding carboxylic acids is 2. The van der Waals surface area contributed by atoms with Crippen molar-refractivity contribution in [3.05, 3.63) is 99.6 Å². The number of carboxylic acids is 1. The van der Waals surface area contributed by atoms with Gasteiger partial charge in [-0.15, -0.1) is 0 Å². The Morgan fingerprint density at radius 2 is 1.50 bits per heavy atom. The number of hydrogen-bond acceptors (Lipinski definition) is 6. The van der Waals surface area contributed by atoms with Crippen molar-refractivity contribution in [1.82, 2.24) is 5.32 Å². The number of carbonyl (C=O) groups is 2. The molecule has 4 rings (SSSR count). The number of aliphatic carboxylic acids is 1. The van der Waals surface area contributed by atoms with E-state index < -0.39 is 29.4 Å². The van der Waals surface area contributed by atoms with Crippen LogP contribution in [0.1, 0.15) is 35.1 Å². The molecular weight excluding hydrogens is 412 g/mol. The zero-order valence-corrected chi connectivity index (χ0v) is 16.9. The van der Waals surface area contributed by atoms with E-state index in [-0.39, 0.29) is 23.8 Å². The van der Waals surface area contributed by atoms with Crippen molar-refractivity contribution in [1.29, 1.82) is 0 Å². The smallest absolute Gasteiger partial charge is 0.407 e. The van der Waals surface area contributed by atoms with E-state index >= 15 is 0 Å². The Morgan fingerprint density at radius 1 is 0.938 bits per heavy atom. The van der Waals surface area contributed by atoms with E-state index in [1.807, 2.05) is 48.5 Å². The predicted octanol–water partition coefficient (Wildman–Crippen LogP) is 3.31. The van der Waals surface area contributed by atoms with Crippen LogP contribution < -0.4 is 10.4 Å². The van der Waals surface area contributed by atoms with E-state index in [2.05, 4.69) is 5.32 Å². The van der Waals surface area contributed by atoms with Gasteiger partial charge in [0.1, 0.15) is 6.61 Å². The monoisotopic (exact) mass is 431 g/mol.